The van der Waals surface area contributed by atoms with Crippen LogP contribution in [0.1, 0.15) is 0 Å². The van der Waals surface area contributed by atoms with Crippen LogP contribution in [0.3, 0.4) is 0 Å². The lowest BCUT2D eigenvalue weighted by Crippen LogP contribution is -2.38. The molecule has 4 nitrogen and oxygen atoms in total. The summed E-state index contributed by atoms with van der Waals surface area (Å²) in [5.41, 5.74) is 1.77. The second kappa shape index (κ2) is 4.76. The van der Waals surface area contributed by atoms with E-state index in [1.54, 1.807) is 0 Å². The minimum Gasteiger partial charge on any atom is -0.317 e. The number of hydrogen-bond acceptors (Lipinski definition) is 3. The lowest BCUT2D eigenvalue weighted by molar-refractivity contribution is -0.110. The summed E-state index contributed by atoms with van der Waals surface area (Å²) >= 11 is 4.50. The largest absolute Gasteiger partial charge is 0.317 e. The molecule has 1 rings (SSSR count). The monoisotopic (exact) mass is 231 g/mol. The van der Waals surface area contributed by atoms with Gasteiger partial charge in [0.1, 0.15) is 11.6 Å². The molecule has 4 N–H and O–H groups in total. The average Bonchev–Trinajstić information content (AvgIpc) is 2.20. The molecule has 1 amide bonds. The highest BCUT2D eigenvalue weighted by Crippen LogP contribution is 2.14. The fraction of sp³-hybridized carbons (Fsp3) is 0. The molecule has 0 atom stereocenters. The van der Waals surface area contributed by atoms with Gasteiger partial charge in [0.15, 0.2) is 4.99 Å². The smallest absolute Gasteiger partial charge is 0.284 e. The normalized spacial score (nSPS) is 9.53. The number of carbonyl (C=O) groups is 1. The van der Waals surface area contributed by atoms with Crippen molar-refractivity contribution in [3.05, 3.63) is 29.8 Å². The highest BCUT2D eigenvalue weighted by atomic mass is 32.1. The van der Waals surface area contributed by atoms with E-state index in [-0.39, 0.29) is 10.7 Å². The van der Waals surface area contributed by atoms with Crippen LogP contribution in [0.15, 0.2) is 18.2 Å². The van der Waals surface area contributed by atoms with E-state index < -0.39 is 17.5 Å². The van der Waals surface area contributed by atoms with Crippen LogP contribution in [-0.4, -0.2) is 10.9 Å². The Morgan fingerprint density at radius 1 is 1.40 bits per heavy atom. The number of amides is 1. The summed E-state index contributed by atoms with van der Waals surface area (Å²) in [6, 6.07) is 2.74. The fourth-order valence-corrected chi connectivity index (χ4v) is 0.887. The molecule has 0 bridgehead atoms. The Bertz CT molecular complexity index is 411. The summed E-state index contributed by atoms with van der Waals surface area (Å²) in [4.78, 5) is 10.8. The van der Waals surface area contributed by atoms with Gasteiger partial charge in [-0.25, -0.2) is 14.6 Å². The van der Waals surface area contributed by atoms with Gasteiger partial charge in [0.2, 0.25) is 0 Å². The van der Waals surface area contributed by atoms with E-state index in [2.05, 4.69) is 17.5 Å². The van der Waals surface area contributed by atoms with Gasteiger partial charge in [-0.1, -0.05) is 12.2 Å². The topological polar surface area (TPSA) is 67.1 Å². The zero-order chi connectivity index (χ0) is 11.4. The molecule has 0 spiro atoms. The molecule has 1 aromatic rings. The lowest BCUT2D eigenvalue weighted by atomic mass is 10.3. The second-order valence-electron chi connectivity index (χ2n) is 2.55. The van der Waals surface area contributed by atoms with Crippen LogP contribution in [-0.2, 0) is 4.79 Å². The molecular weight excluding hydrogens is 224 g/mol. The minimum absolute atomic E-state index is 0.168. The number of halogens is 2. The van der Waals surface area contributed by atoms with E-state index in [1.165, 1.54) is 0 Å². The molecule has 15 heavy (non-hydrogen) atoms. The molecule has 0 heterocycles. The number of thiocarbonyl (C=S) groups is 1. The Hall–Kier alpha value is -1.60. The number of anilines is 1. The zero-order valence-corrected chi connectivity index (χ0v) is 8.20. The first kappa shape index (κ1) is 11.5. The van der Waals surface area contributed by atoms with Crippen LogP contribution >= 0.6 is 12.2 Å². The molecule has 0 aromatic heterocycles. The summed E-state index contributed by atoms with van der Waals surface area (Å²) in [5.74, 6) is 2.50. The Labute approximate surface area is 89.4 Å². The average molecular weight is 231 g/mol. The zero-order valence-electron chi connectivity index (χ0n) is 7.38. The van der Waals surface area contributed by atoms with Crippen molar-refractivity contribution in [2.45, 2.75) is 0 Å². The predicted molar refractivity (Wildman–Crippen MR) is 54.9 cm³/mol. The van der Waals surface area contributed by atoms with Crippen molar-refractivity contribution in [2.24, 2.45) is 5.84 Å². The molecule has 0 unspecified atom stereocenters. The van der Waals surface area contributed by atoms with Gasteiger partial charge in [-0.15, -0.1) is 0 Å². The number of nitrogens with one attached hydrogen (secondary N) is 2. The summed E-state index contributed by atoms with van der Waals surface area (Å²) in [6.45, 7) is 0. The lowest BCUT2D eigenvalue weighted by Gasteiger charge is -2.06. The molecular formula is C8H7F2N3OS. The number of benzene rings is 1. The standard InChI is InChI=1S/C8H7F2N3OS/c9-4-1-2-6(5(10)3-4)12-7(14)8(15)13-11/h1-3H,11H2,(H,12,14)(H,13,15). The van der Waals surface area contributed by atoms with Crippen molar-refractivity contribution in [3.8, 4) is 0 Å². The third kappa shape index (κ3) is 2.93. The number of rotatable bonds is 1. The minimum atomic E-state index is -0.886. The molecule has 0 aliphatic carbocycles. The van der Waals surface area contributed by atoms with Gasteiger partial charge in [0.25, 0.3) is 5.91 Å². The Morgan fingerprint density at radius 3 is 2.60 bits per heavy atom. The first-order chi connectivity index (χ1) is 7.04. The highest BCUT2D eigenvalue weighted by Gasteiger charge is 2.10. The third-order valence-corrected chi connectivity index (χ3v) is 1.82. The van der Waals surface area contributed by atoms with Crippen molar-refractivity contribution < 1.29 is 13.6 Å². The molecule has 0 aliphatic rings. The first-order valence-electron chi connectivity index (χ1n) is 3.81. The van der Waals surface area contributed by atoms with E-state index >= 15 is 0 Å². The number of carbonyl (C=O) groups excluding carboxylic acids is 1. The third-order valence-electron chi connectivity index (χ3n) is 1.52. The van der Waals surface area contributed by atoms with Crippen molar-refractivity contribution in [1.82, 2.24) is 5.43 Å². The van der Waals surface area contributed by atoms with Gasteiger partial charge in [0.05, 0.1) is 5.69 Å². The van der Waals surface area contributed by atoms with E-state index in [0.717, 1.165) is 12.1 Å². The van der Waals surface area contributed by atoms with E-state index in [1.807, 2.05) is 5.43 Å². The van der Waals surface area contributed by atoms with Gasteiger partial charge in [-0.2, -0.15) is 0 Å². The molecule has 0 saturated heterocycles. The van der Waals surface area contributed by atoms with Crippen molar-refractivity contribution >= 4 is 28.8 Å². The first-order valence-corrected chi connectivity index (χ1v) is 4.22. The van der Waals surface area contributed by atoms with Crippen LogP contribution in [0.5, 0.6) is 0 Å². The Balaban J connectivity index is 2.81. The second-order valence-corrected chi connectivity index (χ2v) is 2.96. The summed E-state index contributed by atoms with van der Waals surface area (Å²) in [5, 5.41) is 2.12. The molecule has 0 radical (unpaired) electrons. The number of hydrogen-bond donors (Lipinski definition) is 3. The molecule has 0 aliphatic heterocycles. The van der Waals surface area contributed by atoms with Gasteiger partial charge in [-0.05, 0) is 12.1 Å². The quantitative estimate of drug-likeness (QED) is 0.378. The summed E-state index contributed by atoms with van der Waals surface area (Å²) < 4.78 is 25.5. The molecule has 0 fully saturated rings. The molecule has 1 aromatic carbocycles. The highest BCUT2D eigenvalue weighted by molar-refractivity contribution is 7.82. The van der Waals surface area contributed by atoms with Crippen molar-refractivity contribution in [3.63, 3.8) is 0 Å². The van der Waals surface area contributed by atoms with E-state index in [0.29, 0.717) is 6.07 Å². The van der Waals surface area contributed by atoms with Gasteiger partial charge in [-0.3, -0.25) is 4.79 Å². The summed E-state index contributed by atoms with van der Waals surface area (Å²) in [7, 11) is 0. The number of hydrazine groups is 1. The van der Waals surface area contributed by atoms with Crippen LogP contribution in [0, 0.1) is 11.6 Å². The fourth-order valence-electron chi connectivity index (χ4n) is 0.835. The van der Waals surface area contributed by atoms with Crippen molar-refractivity contribution in [1.29, 1.82) is 0 Å². The number of nitrogens with two attached hydrogens (primary N) is 1. The van der Waals surface area contributed by atoms with Crippen LogP contribution in [0.25, 0.3) is 0 Å². The van der Waals surface area contributed by atoms with Crippen LogP contribution < -0.4 is 16.6 Å². The summed E-state index contributed by atoms with van der Waals surface area (Å²) in [6.07, 6.45) is 0. The van der Waals surface area contributed by atoms with Gasteiger partial charge < -0.3 is 10.7 Å². The van der Waals surface area contributed by atoms with Crippen LogP contribution in [0.4, 0.5) is 14.5 Å². The SMILES string of the molecule is NNC(=S)C(=O)Nc1ccc(F)cc1F. The molecule has 0 saturated carbocycles. The maximum Gasteiger partial charge on any atom is 0.284 e. The van der Waals surface area contributed by atoms with Gasteiger partial charge in [0, 0.05) is 6.07 Å². The predicted octanol–water partition coefficient (Wildman–Crippen LogP) is 0.694. The Kier molecular flexibility index (Phi) is 3.64. The van der Waals surface area contributed by atoms with E-state index in [9.17, 15) is 13.6 Å². The maximum atomic E-state index is 13.0. The Morgan fingerprint density at radius 2 is 2.07 bits per heavy atom. The molecule has 80 valence electrons. The van der Waals surface area contributed by atoms with Crippen molar-refractivity contribution in [2.75, 3.05) is 5.32 Å². The van der Waals surface area contributed by atoms with E-state index in [4.69, 9.17) is 5.84 Å². The maximum absolute atomic E-state index is 13.0. The van der Waals surface area contributed by atoms with Gasteiger partial charge >= 0.3 is 0 Å². The molecule has 7 heteroatoms. The van der Waals surface area contributed by atoms with Crippen LogP contribution in [0.2, 0.25) is 0 Å².